The van der Waals surface area contributed by atoms with Crippen molar-refractivity contribution in [1.82, 2.24) is 15.5 Å². The monoisotopic (exact) mass is 215 g/mol. The van der Waals surface area contributed by atoms with Crippen LogP contribution in [0.2, 0.25) is 0 Å². The lowest BCUT2D eigenvalue weighted by Gasteiger charge is -1.98. The number of rotatable bonds is 5. The van der Waals surface area contributed by atoms with E-state index in [1.54, 1.807) is 23.1 Å². The molecule has 1 N–H and O–H groups in total. The van der Waals surface area contributed by atoms with Crippen molar-refractivity contribution in [2.75, 3.05) is 12.3 Å². The summed E-state index contributed by atoms with van der Waals surface area (Å²) in [4.78, 5) is 0. The molecule has 0 saturated heterocycles. The van der Waals surface area contributed by atoms with Crippen LogP contribution < -0.4 is 5.32 Å². The van der Waals surface area contributed by atoms with Crippen molar-refractivity contribution in [3.63, 3.8) is 0 Å². The van der Waals surface area contributed by atoms with Gasteiger partial charge in [-0.3, -0.25) is 0 Å². The van der Waals surface area contributed by atoms with Crippen LogP contribution in [0.15, 0.2) is 4.34 Å². The Balaban J connectivity index is 1.61. The molecular weight excluding hydrogens is 202 g/mol. The van der Waals surface area contributed by atoms with E-state index in [1.807, 2.05) is 6.92 Å². The zero-order chi connectivity index (χ0) is 9.10. The third-order valence-corrected chi connectivity index (χ3v) is 3.82. The van der Waals surface area contributed by atoms with Crippen LogP contribution in [0.5, 0.6) is 0 Å². The Labute approximate surface area is 86.3 Å². The van der Waals surface area contributed by atoms with Gasteiger partial charge in [0.15, 0.2) is 4.34 Å². The first-order valence-electron chi connectivity index (χ1n) is 4.51. The van der Waals surface area contributed by atoms with Crippen LogP contribution in [0.1, 0.15) is 17.8 Å². The zero-order valence-electron chi connectivity index (χ0n) is 7.62. The Morgan fingerprint density at radius 3 is 3.00 bits per heavy atom. The zero-order valence-corrected chi connectivity index (χ0v) is 9.25. The van der Waals surface area contributed by atoms with E-state index in [0.29, 0.717) is 0 Å². The number of nitrogens with zero attached hydrogens (tertiary/aromatic N) is 2. The van der Waals surface area contributed by atoms with Gasteiger partial charge in [0.1, 0.15) is 5.01 Å². The molecule has 1 aliphatic rings. The largest absolute Gasteiger partial charge is 0.313 e. The van der Waals surface area contributed by atoms with E-state index in [1.165, 1.54) is 12.8 Å². The lowest BCUT2D eigenvalue weighted by Crippen LogP contribution is -2.18. The topological polar surface area (TPSA) is 37.8 Å². The summed E-state index contributed by atoms with van der Waals surface area (Å²) in [5, 5.41) is 12.5. The predicted molar refractivity (Wildman–Crippen MR) is 56.4 cm³/mol. The maximum absolute atomic E-state index is 4.05. The Morgan fingerprint density at radius 2 is 2.38 bits per heavy atom. The molecule has 0 spiro atoms. The highest BCUT2D eigenvalue weighted by atomic mass is 32.2. The molecule has 0 aliphatic heterocycles. The van der Waals surface area contributed by atoms with E-state index in [4.69, 9.17) is 0 Å². The first-order chi connectivity index (χ1) is 6.34. The van der Waals surface area contributed by atoms with Crippen LogP contribution >= 0.6 is 23.1 Å². The van der Waals surface area contributed by atoms with Crippen molar-refractivity contribution in [2.24, 2.45) is 0 Å². The molecule has 2 rings (SSSR count). The lowest BCUT2D eigenvalue weighted by atomic mass is 10.6. The van der Waals surface area contributed by atoms with Gasteiger partial charge in [0, 0.05) is 18.3 Å². The van der Waals surface area contributed by atoms with Crippen LogP contribution in [-0.2, 0) is 0 Å². The molecule has 1 aromatic rings. The third kappa shape index (κ3) is 3.25. The second-order valence-corrected chi connectivity index (χ2v) is 5.69. The van der Waals surface area contributed by atoms with Gasteiger partial charge >= 0.3 is 0 Å². The Bertz CT molecular complexity index is 270. The summed E-state index contributed by atoms with van der Waals surface area (Å²) < 4.78 is 1.09. The van der Waals surface area contributed by atoms with Crippen molar-refractivity contribution in [1.29, 1.82) is 0 Å². The molecule has 1 fully saturated rings. The molecule has 1 heterocycles. The second-order valence-electron chi connectivity index (χ2n) is 3.16. The number of aromatic nitrogens is 2. The Kier molecular flexibility index (Phi) is 3.18. The molecule has 13 heavy (non-hydrogen) atoms. The minimum Gasteiger partial charge on any atom is -0.313 e. The minimum absolute atomic E-state index is 0.816. The fourth-order valence-electron chi connectivity index (χ4n) is 1.03. The summed E-state index contributed by atoms with van der Waals surface area (Å²) in [5.41, 5.74) is 0. The normalized spacial score (nSPS) is 16.4. The first kappa shape index (κ1) is 9.43. The lowest BCUT2D eigenvalue weighted by molar-refractivity contribution is 0.726. The van der Waals surface area contributed by atoms with Crippen molar-refractivity contribution in [3.05, 3.63) is 5.01 Å². The number of aryl methyl sites for hydroxylation is 1. The highest BCUT2D eigenvalue weighted by Gasteiger charge is 2.19. The molecule has 0 amide bonds. The standard InChI is InChI=1S/C8H13N3S2/c1-6-10-11-8(13-6)12-5-4-9-7-2-3-7/h7,9H,2-5H2,1H3. The van der Waals surface area contributed by atoms with E-state index < -0.39 is 0 Å². The number of hydrogen-bond acceptors (Lipinski definition) is 5. The number of thioether (sulfide) groups is 1. The molecule has 0 atom stereocenters. The van der Waals surface area contributed by atoms with Crippen molar-refractivity contribution in [2.45, 2.75) is 30.1 Å². The van der Waals surface area contributed by atoms with Gasteiger partial charge in [0.25, 0.3) is 0 Å². The maximum atomic E-state index is 4.05. The van der Waals surface area contributed by atoms with Gasteiger partial charge in [-0.15, -0.1) is 10.2 Å². The van der Waals surface area contributed by atoms with E-state index in [9.17, 15) is 0 Å². The van der Waals surface area contributed by atoms with Gasteiger partial charge in [0.05, 0.1) is 0 Å². The van der Waals surface area contributed by atoms with Crippen molar-refractivity contribution in [3.8, 4) is 0 Å². The predicted octanol–water partition coefficient (Wildman–Crippen LogP) is 1.69. The molecule has 0 aromatic carbocycles. The highest BCUT2D eigenvalue weighted by molar-refractivity contribution is 8.01. The summed E-state index contributed by atoms with van der Waals surface area (Å²) >= 11 is 3.47. The first-order valence-corrected chi connectivity index (χ1v) is 6.31. The van der Waals surface area contributed by atoms with Gasteiger partial charge < -0.3 is 5.32 Å². The summed E-state index contributed by atoms with van der Waals surface area (Å²) in [6, 6.07) is 0.816. The van der Waals surface area contributed by atoms with Crippen LogP contribution in [0, 0.1) is 6.92 Å². The second kappa shape index (κ2) is 4.39. The summed E-state index contributed by atoms with van der Waals surface area (Å²) in [6.45, 7) is 3.08. The van der Waals surface area contributed by atoms with Gasteiger partial charge in [-0.05, 0) is 19.8 Å². The molecule has 1 saturated carbocycles. The summed E-state index contributed by atoms with van der Waals surface area (Å²) in [5.74, 6) is 1.10. The third-order valence-electron chi connectivity index (χ3n) is 1.85. The van der Waals surface area contributed by atoms with Gasteiger partial charge in [-0.2, -0.15) is 0 Å². The molecule has 0 unspecified atom stereocenters. The fourth-order valence-corrected chi connectivity index (χ4v) is 2.78. The van der Waals surface area contributed by atoms with Crippen LogP contribution in [0.25, 0.3) is 0 Å². The summed E-state index contributed by atoms with van der Waals surface area (Å²) in [6.07, 6.45) is 2.73. The average molecular weight is 215 g/mol. The van der Waals surface area contributed by atoms with Gasteiger partial charge in [-0.1, -0.05) is 23.1 Å². The smallest absolute Gasteiger partial charge is 0.174 e. The van der Waals surface area contributed by atoms with E-state index in [0.717, 1.165) is 27.7 Å². The number of hydrogen-bond donors (Lipinski definition) is 1. The van der Waals surface area contributed by atoms with Crippen LogP contribution in [0.4, 0.5) is 0 Å². The molecule has 1 aromatic heterocycles. The van der Waals surface area contributed by atoms with Crippen LogP contribution in [-0.4, -0.2) is 28.5 Å². The fraction of sp³-hybridized carbons (Fsp3) is 0.750. The molecule has 5 heteroatoms. The quantitative estimate of drug-likeness (QED) is 0.599. The van der Waals surface area contributed by atoms with Gasteiger partial charge in [0.2, 0.25) is 0 Å². The molecule has 0 radical (unpaired) electrons. The Hall–Kier alpha value is -0.130. The summed E-state index contributed by atoms with van der Waals surface area (Å²) in [7, 11) is 0. The molecule has 72 valence electrons. The SMILES string of the molecule is Cc1nnc(SCCNC2CC2)s1. The Morgan fingerprint density at radius 1 is 1.54 bits per heavy atom. The molecule has 0 bridgehead atoms. The van der Waals surface area contributed by atoms with E-state index >= 15 is 0 Å². The molecule has 3 nitrogen and oxygen atoms in total. The highest BCUT2D eigenvalue weighted by Crippen LogP contribution is 2.22. The van der Waals surface area contributed by atoms with Crippen molar-refractivity contribution >= 4 is 23.1 Å². The maximum Gasteiger partial charge on any atom is 0.174 e. The molecule has 1 aliphatic carbocycles. The van der Waals surface area contributed by atoms with Crippen LogP contribution in [0.3, 0.4) is 0 Å². The van der Waals surface area contributed by atoms with Gasteiger partial charge in [-0.25, -0.2) is 0 Å². The van der Waals surface area contributed by atoms with E-state index in [-0.39, 0.29) is 0 Å². The number of nitrogens with one attached hydrogen (secondary N) is 1. The van der Waals surface area contributed by atoms with Crippen molar-refractivity contribution < 1.29 is 0 Å². The minimum atomic E-state index is 0.816. The molecular formula is C8H13N3S2. The van der Waals surface area contributed by atoms with E-state index in [2.05, 4.69) is 15.5 Å². The average Bonchev–Trinajstić information content (AvgIpc) is 2.84.